The summed E-state index contributed by atoms with van der Waals surface area (Å²) in [5.74, 6) is 0.261. The van der Waals surface area contributed by atoms with E-state index in [1.54, 1.807) is 18.4 Å². The molecule has 1 aliphatic heterocycles. The standard InChI is InChI=1S/C16H19FN2O2/c1-16(2)11-20-8-7-19(16)9-14-10-21-15(18-14)12-3-5-13(17)6-4-12/h3-6,10H,7-9,11H2,1-2H3. The van der Waals surface area contributed by atoms with E-state index in [1.807, 2.05) is 0 Å². The number of benzene rings is 1. The number of halogens is 1. The van der Waals surface area contributed by atoms with Crippen molar-refractivity contribution in [3.05, 3.63) is 42.0 Å². The molecule has 1 saturated heterocycles. The van der Waals surface area contributed by atoms with Gasteiger partial charge in [-0.2, -0.15) is 0 Å². The maximum absolute atomic E-state index is 12.9. The van der Waals surface area contributed by atoms with Crippen molar-refractivity contribution in [1.82, 2.24) is 9.88 Å². The molecule has 2 heterocycles. The molecule has 21 heavy (non-hydrogen) atoms. The van der Waals surface area contributed by atoms with Crippen LogP contribution in [0.4, 0.5) is 4.39 Å². The first-order chi connectivity index (χ1) is 10.0. The molecular weight excluding hydrogens is 271 g/mol. The Morgan fingerprint density at radius 1 is 1.29 bits per heavy atom. The Labute approximate surface area is 123 Å². The van der Waals surface area contributed by atoms with Gasteiger partial charge in [-0.25, -0.2) is 9.37 Å². The zero-order valence-electron chi connectivity index (χ0n) is 12.3. The van der Waals surface area contributed by atoms with Crippen molar-refractivity contribution in [2.45, 2.75) is 25.9 Å². The van der Waals surface area contributed by atoms with Crippen LogP contribution in [0.15, 0.2) is 34.9 Å². The minimum atomic E-state index is -0.263. The Morgan fingerprint density at radius 3 is 2.76 bits per heavy atom. The summed E-state index contributed by atoms with van der Waals surface area (Å²) in [6.07, 6.45) is 1.67. The van der Waals surface area contributed by atoms with Crippen molar-refractivity contribution >= 4 is 0 Å². The Hall–Kier alpha value is -1.72. The number of morpholine rings is 1. The normalized spacial score (nSPS) is 18.8. The minimum absolute atomic E-state index is 0.00671. The van der Waals surface area contributed by atoms with Gasteiger partial charge < -0.3 is 9.15 Å². The molecule has 0 unspecified atom stereocenters. The fourth-order valence-corrected chi connectivity index (χ4v) is 2.48. The largest absolute Gasteiger partial charge is 0.444 e. The molecule has 0 aliphatic carbocycles. The fourth-order valence-electron chi connectivity index (χ4n) is 2.48. The van der Waals surface area contributed by atoms with E-state index in [0.29, 0.717) is 5.89 Å². The van der Waals surface area contributed by atoms with Crippen LogP contribution >= 0.6 is 0 Å². The third-order valence-electron chi connectivity index (χ3n) is 3.81. The summed E-state index contributed by atoms with van der Waals surface area (Å²) in [4.78, 5) is 6.83. The molecule has 1 aromatic heterocycles. The molecule has 112 valence electrons. The molecular formula is C16H19FN2O2. The molecule has 4 nitrogen and oxygen atoms in total. The van der Waals surface area contributed by atoms with Crippen LogP contribution < -0.4 is 0 Å². The van der Waals surface area contributed by atoms with Gasteiger partial charge in [-0.3, -0.25) is 4.90 Å². The second-order valence-corrected chi connectivity index (χ2v) is 5.94. The van der Waals surface area contributed by atoms with Gasteiger partial charge in [0.15, 0.2) is 0 Å². The first-order valence-electron chi connectivity index (χ1n) is 7.08. The van der Waals surface area contributed by atoms with Crippen LogP contribution in [0.25, 0.3) is 11.5 Å². The van der Waals surface area contributed by atoms with Gasteiger partial charge in [0.1, 0.15) is 12.1 Å². The van der Waals surface area contributed by atoms with Crippen molar-refractivity contribution in [3.8, 4) is 11.5 Å². The molecule has 1 aliphatic rings. The molecule has 0 saturated carbocycles. The molecule has 5 heteroatoms. The predicted molar refractivity (Wildman–Crippen MR) is 77.2 cm³/mol. The Morgan fingerprint density at radius 2 is 2.05 bits per heavy atom. The maximum Gasteiger partial charge on any atom is 0.226 e. The van der Waals surface area contributed by atoms with Gasteiger partial charge in [0, 0.05) is 24.2 Å². The minimum Gasteiger partial charge on any atom is -0.444 e. The van der Waals surface area contributed by atoms with Crippen LogP contribution in [0.5, 0.6) is 0 Å². The van der Waals surface area contributed by atoms with E-state index >= 15 is 0 Å². The van der Waals surface area contributed by atoms with E-state index < -0.39 is 0 Å². The van der Waals surface area contributed by atoms with E-state index in [0.717, 1.165) is 37.6 Å². The lowest BCUT2D eigenvalue weighted by Gasteiger charge is -2.41. The average molecular weight is 290 g/mol. The monoisotopic (exact) mass is 290 g/mol. The topological polar surface area (TPSA) is 38.5 Å². The third kappa shape index (κ3) is 3.14. The first kappa shape index (κ1) is 14.2. The fraction of sp³-hybridized carbons (Fsp3) is 0.438. The predicted octanol–water partition coefficient (Wildman–Crippen LogP) is 3.09. The lowest BCUT2D eigenvalue weighted by Crippen LogP contribution is -2.52. The molecule has 0 atom stereocenters. The van der Waals surface area contributed by atoms with Crippen LogP contribution in [0.3, 0.4) is 0 Å². The number of hydrogen-bond donors (Lipinski definition) is 0. The van der Waals surface area contributed by atoms with Gasteiger partial charge in [0.25, 0.3) is 0 Å². The van der Waals surface area contributed by atoms with Crippen molar-refractivity contribution in [2.75, 3.05) is 19.8 Å². The summed E-state index contributed by atoms with van der Waals surface area (Å²) < 4.78 is 24.0. The van der Waals surface area contributed by atoms with Gasteiger partial charge in [-0.15, -0.1) is 0 Å². The van der Waals surface area contributed by atoms with Gasteiger partial charge in [-0.1, -0.05) is 0 Å². The molecule has 2 aromatic rings. The molecule has 0 spiro atoms. The highest BCUT2D eigenvalue weighted by molar-refractivity contribution is 5.52. The molecule has 0 amide bonds. The third-order valence-corrected chi connectivity index (χ3v) is 3.81. The number of rotatable bonds is 3. The van der Waals surface area contributed by atoms with Crippen molar-refractivity contribution < 1.29 is 13.5 Å². The molecule has 1 aromatic carbocycles. The Balaban J connectivity index is 1.74. The summed E-state index contributed by atoms with van der Waals surface area (Å²) in [6.45, 7) is 7.38. The summed E-state index contributed by atoms with van der Waals surface area (Å²) in [5.41, 5.74) is 1.65. The van der Waals surface area contributed by atoms with Gasteiger partial charge in [0.05, 0.1) is 18.9 Å². The van der Waals surface area contributed by atoms with Gasteiger partial charge in [0.2, 0.25) is 5.89 Å². The van der Waals surface area contributed by atoms with E-state index in [1.165, 1.54) is 12.1 Å². The summed E-state index contributed by atoms with van der Waals surface area (Å²) in [7, 11) is 0. The number of nitrogens with zero attached hydrogens (tertiary/aromatic N) is 2. The number of oxazole rings is 1. The van der Waals surface area contributed by atoms with E-state index in [9.17, 15) is 4.39 Å². The second-order valence-electron chi connectivity index (χ2n) is 5.94. The lowest BCUT2D eigenvalue weighted by molar-refractivity contribution is -0.0557. The van der Waals surface area contributed by atoms with Crippen molar-refractivity contribution in [1.29, 1.82) is 0 Å². The van der Waals surface area contributed by atoms with Crippen LogP contribution in [0, 0.1) is 5.82 Å². The molecule has 0 N–H and O–H groups in total. The van der Waals surface area contributed by atoms with Crippen molar-refractivity contribution in [3.63, 3.8) is 0 Å². The molecule has 0 radical (unpaired) electrons. The number of ether oxygens (including phenoxy) is 1. The smallest absolute Gasteiger partial charge is 0.226 e. The number of aromatic nitrogens is 1. The quantitative estimate of drug-likeness (QED) is 0.870. The van der Waals surface area contributed by atoms with Gasteiger partial charge in [-0.05, 0) is 38.1 Å². The molecule has 0 bridgehead atoms. The summed E-state index contributed by atoms with van der Waals surface area (Å²) >= 11 is 0. The zero-order chi connectivity index (χ0) is 14.9. The zero-order valence-corrected chi connectivity index (χ0v) is 12.3. The highest BCUT2D eigenvalue weighted by Crippen LogP contribution is 2.23. The SMILES string of the molecule is CC1(C)COCCN1Cc1coc(-c2ccc(F)cc2)n1. The van der Waals surface area contributed by atoms with E-state index in [2.05, 4.69) is 23.7 Å². The first-order valence-corrected chi connectivity index (χ1v) is 7.08. The van der Waals surface area contributed by atoms with Gasteiger partial charge >= 0.3 is 0 Å². The molecule has 3 rings (SSSR count). The Bertz CT molecular complexity index is 607. The van der Waals surface area contributed by atoms with Crippen LogP contribution in [0.1, 0.15) is 19.5 Å². The highest BCUT2D eigenvalue weighted by Gasteiger charge is 2.30. The van der Waals surface area contributed by atoms with Crippen LogP contribution in [0.2, 0.25) is 0 Å². The number of hydrogen-bond acceptors (Lipinski definition) is 4. The lowest BCUT2D eigenvalue weighted by atomic mass is 10.0. The highest BCUT2D eigenvalue weighted by atomic mass is 19.1. The van der Waals surface area contributed by atoms with Crippen LogP contribution in [-0.4, -0.2) is 35.2 Å². The summed E-state index contributed by atoms with van der Waals surface area (Å²) in [5, 5.41) is 0. The van der Waals surface area contributed by atoms with E-state index in [-0.39, 0.29) is 11.4 Å². The van der Waals surface area contributed by atoms with E-state index in [4.69, 9.17) is 9.15 Å². The Kier molecular flexibility index (Phi) is 3.78. The average Bonchev–Trinajstić information content (AvgIpc) is 2.90. The van der Waals surface area contributed by atoms with Crippen LogP contribution in [-0.2, 0) is 11.3 Å². The summed E-state index contributed by atoms with van der Waals surface area (Å²) in [6, 6.07) is 6.15. The molecule has 1 fully saturated rings. The maximum atomic E-state index is 12.9. The second kappa shape index (κ2) is 5.58. The van der Waals surface area contributed by atoms with Crippen molar-refractivity contribution in [2.24, 2.45) is 0 Å².